The zero-order valence-electron chi connectivity index (χ0n) is 15.0. The van der Waals surface area contributed by atoms with Gasteiger partial charge in [-0.2, -0.15) is 4.98 Å². The summed E-state index contributed by atoms with van der Waals surface area (Å²) in [4.78, 5) is 25.0. The van der Waals surface area contributed by atoms with Crippen LogP contribution in [-0.2, 0) is 11.2 Å². The summed E-state index contributed by atoms with van der Waals surface area (Å²) < 4.78 is 6.23. The van der Waals surface area contributed by atoms with Crippen molar-refractivity contribution in [3.8, 4) is 11.4 Å². The molecule has 0 bridgehead atoms. The number of carbonyl (C=O) groups is 1. The van der Waals surface area contributed by atoms with E-state index in [9.17, 15) is 4.79 Å². The first kappa shape index (κ1) is 18.5. The Morgan fingerprint density at radius 1 is 1.32 bits per heavy atom. The highest BCUT2D eigenvalue weighted by atomic mass is 35.5. The SMILES string of the molecule is Cc1cc2sc(NC(=O)CCCc3nc(-c4cccnc4)no3)nc2cc1Cl. The monoisotopic (exact) mass is 413 g/mol. The predicted octanol–water partition coefficient (Wildman–Crippen LogP) is 4.66. The van der Waals surface area contributed by atoms with Crippen LogP contribution in [0.5, 0.6) is 0 Å². The molecule has 0 fully saturated rings. The van der Waals surface area contributed by atoms with Crippen molar-refractivity contribution in [2.45, 2.75) is 26.2 Å². The fraction of sp³-hybridized carbons (Fsp3) is 0.211. The van der Waals surface area contributed by atoms with Crippen molar-refractivity contribution in [3.05, 3.63) is 53.1 Å². The molecule has 3 heterocycles. The van der Waals surface area contributed by atoms with Gasteiger partial charge in [-0.3, -0.25) is 9.78 Å². The number of carbonyl (C=O) groups excluding carboxylic acids is 1. The first-order valence-electron chi connectivity index (χ1n) is 8.68. The number of benzene rings is 1. The number of rotatable bonds is 6. The number of nitrogens with one attached hydrogen (secondary N) is 1. The molecule has 0 atom stereocenters. The van der Waals surface area contributed by atoms with E-state index in [1.165, 1.54) is 11.3 Å². The topological polar surface area (TPSA) is 93.8 Å². The number of hydrogen-bond acceptors (Lipinski definition) is 7. The second kappa shape index (κ2) is 8.04. The van der Waals surface area contributed by atoms with Crippen LogP contribution in [0.2, 0.25) is 5.02 Å². The molecule has 4 rings (SSSR count). The van der Waals surface area contributed by atoms with Crippen LogP contribution in [0.25, 0.3) is 21.6 Å². The quantitative estimate of drug-likeness (QED) is 0.493. The molecule has 1 amide bonds. The second-order valence-electron chi connectivity index (χ2n) is 6.24. The minimum Gasteiger partial charge on any atom is -0.339 e. The molecule has 3 aromatic heterocycles. The fourth-order valence-corrected chi connectivity index (χ4v) is 3.77. The summed E-state index contributed by atoms with van der Waals surface area (Å²) in [5, 5.41) is 8.02. The third kappa shape index (κ3) is 4.18. The average molecular weight is 414 g/mol. The molecule has 0 radical (unpaired) electrons. The lowest BCUT2D eigenvalue weighted by Gasteiger charge is -1.99. The van der Waals surface area contributed by atoms with Crippen LogP contribution in [0.4, 0.5) is 5.13 Å². The number of aromatic nitrogens is 4. The molecule has 0 saturated carbocycles. The van der Waals surface area contributed by atoms with Gasteiger partial charge in [0, 0.05) is 35.8 Å². The average Bonchev–Trinajstić information content (AvgIpc) is 3.29. The van der Waals surface area contributed by atoms with Crippen molar-refractivity contribution >= 4 is 44.2 Å². The lowest BCUT2D eigenvalue weighted by atomic mass is 10.2. The number of nitrogens with zero attached hydrogens (tertiary/aromatic N) is 4. The van der Waals surface area contributed by atoms with Gasteiger partial charge in [-0.25, -0.2) is 4.98 Å². The van der Waals surface area contributed by atoms with Gasteiger partial charge in [-0.1, -0.05) is 28.1 Å². The molecule has 1 N–H and O–H groups in total. The van der Waals surface area contributed by atoms with Crippen molar-refractivity contribution < 1.29 is 9.32 Å². The summed E-state index contributed by atoms with van der Waals surface area (Å²) in [6.45, 7) is 1.94. The maximum atomic E-state index is 12.2. The smallest absolute Gasteiger partial charge is 0.226 e. The van der Waals surface area contributed by atoms with Crippen molar-refractivity contribution in [3.63, 3.8) is 0 Å². The van der Waals surface area contributed by atoms with Crippen molar-refractivity contribution in [1.29, 1.82) is 0 Å². The molecular formula is C19H16ClN5O2S. The van der Waals surface area contributed by atoms with Crippen LogP contribution in [0.15, 0.2) is 41.2 Å². The molecule has 0 saturated heterocycles. The van der Waals surface area contributed by atoms with Crippen molar-refractivity contribution in [2.75, 3.05) is 5.32 Å². The molecule has 4 aromatic rings. The highest BCUT2D eigenvalue weighted by molar-refractivity contribution is 7.22. The summed E-state index contributed by atoms with van der Waals surface area (Å²) in [6, 6.07) is 7.46. The highest BCUT2D eigenvalue weighted by Crippen LogP contribution is 2.30. The Morgan fingerprint density at radius 3 is 3.04 bits per heavy atom. The Morgan fingerprint density at radius 2 is 2.21 bits per heavy atom. The van der Waals surface area contributed by atoms with E-state index in [0.717, 1.165) is 21.3 Å². The van der Waals surface area contributed by atoms with E-state index in [2.05, 4.69) is 25.4 Å². The van der Waals surface area contributed by atoms with Gasteiger partial charge in [-0.05, 0) is 43.2 Å². The number of pyridine rings is 1. The van der Waals surface area contributed by atoms with Crippen LogP contribution in [0.1, 0.15) is 24.3 Å². The lowest BCUT2D eigenvalue weighted by Crippen LogP contribution is -2.11. The molecular weight excluding hydrogens is 398 g/mol. The molecule has 0 spiro atoms. The van der Waals surface area contributed by atoms with E-state index in [1.54, 1.807) is 12.4 Å². The Hall–Kier alpha value is -2.84. The first-order chi connectivity index (χ1) is 13.6. The molecule has 28 heavy (non-hydrogen) atoms. The number of thiazole rings is 1. The van der Waals surface area contributed by atoms with Crippen LogP contribution < -0.4 is 5.32 Å². The third-order valence-electron chi connectivity index (χ3n) is 4.10. The van der Waals surface area contributed by atoms with E-state index in [1.807, 2.05) is 31.2 Å². The van der Waals surface area contributed by atoms with E-state index in [-0.39, 0.29) is 5.91 Å². The van der Waals surface area contributed by atoms with Crippen LogP contribution >= 0.6 is 22.9 Å². The van der Waals surface area contributed by atoms with Gasteiger partial charge in [0.15, 0.2) is 5.13 Å². The highest BCUT2D eigenvalue weighted by Gasteiger charge is 2.12. The summed E-state index contributed by atoms with van der Waals surface area (Å²) in [7, 11) is 0. The Bertz CT molecular complexity index is 1090. The number of aryl methyl sites for hydroxylation is 2. The largest absolute Gasteiger partial charge is 0.339 e. The van der Waals surface area contributed by atoms with Gasteiger partial charge in [0.25, 0.3) is 0 Å². The molecule has 1 aromatic carbocycles. The van der Waals surface area contributed by atoms with E-state index in [0.29, 0.717) is 41.1 Å². The maximum Gasteiger partial charge on any atom is 0.226 e. The summed E-state index contributed by atoms with van der Waals surface area (Å²) in [5.41, 5.74) is 2.56. The number of halogens is 1. The van der Waals surface area contributed by atoms with Crippen molar-refractivity contribution in [1.82, 2.24) is 20.1 Å². The number of amides is 1. The van der Waals surface area contributed by atoms with Gasteiger partial charge >= 0.3 is 0 Å². The Balaban J connectivity index is 1.31. The molecule has 0 aliphatic heterocycles. The van der Waals surface area contributed by atoms with Crippen LogP contribution in [0.3, 0.4) is 0 Å². The Kier molecular flexibility index (Phi) is 5.31. The van der Waals surface area contributed by atoms with Gasteiger partial charge in [0.1, 0.15) is 0 Å². The van der Waals surface area contributed by atoms with Gasteiger partial charge in [0.05, 0.1) is 10.2 Å². The standard InChI is InChI=1S/C19H16ClN5O2S/c1-11-8-15-14(9-13(11)20)22-19(28-15)23-16(26)5-2-6-17-24-18(25-27-17)12-4-3-7-21-10-12/h3-4,7-10H,2,5-6H2,1H3,(H,22,23,26). The van der Waals surface area contributed by atoms with Gasteiger partial charge < -0.3 is 9.84 Å². The molecule has 0 unspecified atom stereocenters. The van der Waals surface area contributed by atoms with E-state index < -0.39 is 0 Å². The van der Waals surface area contributed by atoms with E-state index >= 15 is 0 Å². The molecule has 0 aliphatic carbocycles. The van der Waals surface area contributed by atoms with Gasteiger partial charge in [0.2, 0.25) is 17.6 Å². The molecule has 142 valence electrons. The van der Waals surface area contributed by atoms with Crippen molar-refractivity contribution in [2.24, 2.45) is 0 Å². The van der Waals surface area contributed by atoms with Crippen LogP contribution in [0, 0.1) is 6.92 Å². The summed E-state index contributed by atoms with van der Waals surface area (Å²) in [6.07, 6.45) is 4.81. The summed E-state index contributed by atoms with van der Waals surface area (Å²) in [5.74, 6) is 0.890. The zero-order chi connectivity index (χ0) is 19.5. The minimum absolute atomic E-state index is 0.103. The predicted molar refractivity (Wildman–Crippen MR) is 108 cm³/mol. The molecule has 0 aliphatic rings. The molecule has 9 heteroatoms. The maximum absolute atomic E-state index is 12.2. The third-order valence-corrected chi connectivity index (χ3v) is 5.44. The van der Waals surface area contributed by atoms with Gasteiger partial charge in [-0.15, -0.1) is 0 Å². The minimum atomic E-state index is -0.103. The fourth-order valence-electron chi connectivity index (χ4n) is 2.65. The second-order valence-corrected chi connectivity index (χ2v) is 7.68. The summed E-state index contributed by atoms with van der Waals surface area (Å²) >= 11 is 7.55. The Labute approximate surface area is 169 Å². The number of hydrogen-bond donors (Lipinski definition) is 1. The first-order valence-corrected chi connectivity index (χ1v) is 9.87. The normalized spacial score (nSPS) is 11.1. The number of anilines is 1. The number of fused-ring (bicyclic) bond motifs is 1. The van der Waals surface area contributed by atoms with Crippen LogP contribution in [-0.4, -0.2) is 26.0 Å². The van der Waals surface area contributed by atoms with E-state index in [4.69, 9.17) is 16.1 Å². The lowest BCUT2D eigenvalue weighted by molar-refractivity contribution is -0.116. The zero-order valence-corrected chi connectivity index (χ0v) is 16.5. The molecule has 7 nitrogen and oxygen atoms in total.